The number of amides is 1. The van der Waals surface area contributed by atoms with E-state index in [2.05, 4.69) is 5.32 Å². The lowest BCUT2D eigenvalue weighted by Gasteiger charge is -2.35. The van der Waals surface area contributed by atoms with Gasteiger partial charge in [0.15, 0.2) is 11.6 Å². The maximum Gasteiger partial charge on any atom is 0.410 e. The molecule has 1 amide bonds. The summed E-state index contributed by atoms with van der Waals surface area (Å²) in [5.41, 5.74) is 0.0570. The molecule has 2 rings (SSSR count). The van der Waals surface area contributed by atoms with Crippen molar-refractivity contribution in [2.75, 3.05) is 19.6 Å². The van der Waals surface area contributed by atoms with Gasteiger partial charge in [0.1, 0.15) is 5.60 Å². The van der Waals surface area contributed by atoms with Crippen LogP contribution in [0.25, 0.3) is 0 Å². The van der Waals surface area contributed by atoms with Crippen molar-refractivity contribution in [1.82, 2.24) is 10.2 Å². The van der Waals surface area contributed by atoms with Gasteiger partial charge in [-0.2, -0.15) is 0 Å². The summed E-state index contributed by atoms with van der Waals surface area (Å²) in [6.07, 6.45) is -0.392. The van der Waals surface area contributed by atoms with Crippen LogP contribution in [0.4, 0.5) is 13.6 Å². The van der Waals surface area contributed by atoms with Gasteiger partial charge in [-0.3, -0.25) is 0 Å². The highest BCUT2D eigenvalue weighted by atomic mass is 19.2. The number of piperazine rings is 1. The molecule has 1 aliphatic heterocycles. The summed E-state index contributed by atoms with van der Waals surface area (Å²) >= 11 is 0. The normalized spacial score (nSPS) is 19.5. The standard InChI is InChI=1S/C15H20F2N2O2/c1-15(2,3)21-14(20)19-7-6-18-13(9-19)10-4-5-11(16)12(17)8-10/h4-5,8,13,18H,6-7,9H2,1-3H3. The van der Waals surface area contributed by atoms with E-state index in [9.17, 15) is 13.6 Å². The van der Waals surface area contributed by atoms with E-state index in [1.807, 2.05) is 0 Å². The van der Waals surface area contributed by atoms with Crippen LogP contribution in [0.1, 0.15) is 32.4 Å². The number of hydrogen-bond acceptors (Lipinski definition) is 3. The fraction of sp³-hybridized carbons (Fsp3) is 0.533. The van der Waals surface area contributed by atoms with Gasteiger partial charge in [0.2, 0.25) is 0 Å². The molecule has 0 aliphatic carbocycles. The molecule has 0 spiro atoms. The van der Waals surface area contributed by atoms with Crippen molar-refractivity contribution >= 4 is 6.09 Å². The van der Waals surface area contributed by atoms with Gasteiger partial charge in [0, 0.05) is 19.6 Å². The minimum atomic E-state index is -0.885. The minimum absolute atomic E-state index is 0.235. The Morgan fingerprint density at radius 1 is 1.33 bits per heavy atom. The fourth-order valence-electron chi connectivity index (χ4n) is 2.19. The van der Waals surface area contributed by atoms with Gasteiger partial charge >= 0.3 is 6.09 Å². The molecule has 1 aromatic carbocycles. The van der Waals surface area contributed by atoms with Crippen molar-refractivity contribution in [3.8, 4) is 0 Å². The summed E-state index contributed by atoms with van der Waals surface area (Å²) in [4.78, 5) is 13.6. The molecule has 6 heteroatoms. The maximum atomic E-state index is 13.3. The number of carbonyl (C=O) groups excluding carboxylic acids is 1. The van der Waals surface area contributed by atoms with Crippen molar-refractivity contribution in [3.05, 3.63) is 35.4 Å². The van der Waals surface area contributed by atoms with Crippen molar-refractivity contribution in [2.24, 2.45) is 0 Å². The van der Waals surface area contributed by atoms with Gasteiger partial charge < -0.3 is 15.0 Å². The Balaban J connectivity index is 2.06. The SMILES string of the molecule is CC(C)(C)OC(=O)N1CCNC(c2ccc(F)c(F)c2)C1. The summed E-state index contributed by atoms with van der Waals surface area (Å²) in [5, 5.41) is 3.19. The monoisotopic (exact) mass is 298 g/mol. The maximum absolute atomic E-state index is 13.3. The molecule has 1 saturated heterocycles. The van der Waals surface area contributed by atoms with Crippen molar-refractivity contribution in [1.29, 1.82) is 0 Å². The lowest BCUT2D eigenvalue weighted by Crippen LogP contribution is -2.49. The Labute approximate surface area is 123 Å². The second-order valence-corrected chi connectivity index (χ2v) is 6.11. The summed E-state index contributed by atoms with van der Waals surface area (Å²) in [6.45, 7) is 6.87. The Hall–Kier alpha value is -1.69. The average molecular weight is 298 g/mol. The molecular formula is C15H20F2N2O2. The molecule has 4 nitrogen and oxygen atoms in total. The predicted molar refractivity (Wildman–Crippen MR) is 74.9 cm³/mol. The average Bonchev–Trinajstić information content (AvgIpc) is 2.40. The molecule has 1 N–H and O–H groups in total. The molecule has 0 saturated carbocycles. The van der Waals surface area contributed by atoms with Crippen LogP contribution >= 0.6 is 0 Å². The third kappa shape index (κ3) is 4.14. The number of rotatable bonds is 1. The number of ether oxygens (including phenoxy) is 1. The third-order valence-electron chi connectivity index (χ3n) is 3.17. The van der Waals surface area contributed by atoms with E-state index in [1.54, 1.807) is 25.7 Å². The Morgan fingerprint density at radius 3 is 2.67 bits per heavy atom. The predicted octanol–water partition coefficient (Wildman–Crippen LogP) is 2.85. The van der Waals surface area contributed by atoms with E-state index >= 15 is 0 Å². The minimum Gasteiger partial charge on any atom is -0.444 e. The Morgan fingerprint density at radius 2 is 2.05 bits per heavy atom. The molecule has 1 aliphatic rings. The van der Waals surface area contributed by atoms with Crippen LogP contribution in [0.3, 0.4) is 0 Å². The molecule has 116 valence electrons. The van der Waals surface area contributed by atoms with Crippen LogP contribution < -0.4 is 5.32 Å². The number of benzene rings is 1. The molecular weight excluding hydrogens is 278 g/mol. The topological polar surface area (TPSA) is 41.6 Å². The number of hydrogen-bond donors (Lipinski definition) is 1. The molecule has 0 aromatic heterocycles. The van der Waals surface area contributed by atoms with E-state index in [4.69, 9.17) is 4.74 Å². The summed E-state index contributed by atoms with van der Waals surface area (Å²) in [5.74, 6) is -1.76. The van der Waals surface area contributed by atoms with Crippen LogP contribution in [0.5, 0.6) is 0 Å². The highest BCUT2D eigenvalue weighted by Crippen LogP contribution is 2.21. The molecule has 1 heterocycles. The molecule has 21 heavy (non-hydrogen) atoms. The molecule has 1 unspecified atom stereocenters. The number of nitrogens with one attached hydrogen (secondary N) is 1. The number of nitrogens with zero attached hydrogens (tertiary/aromatic N) is 1. The lowest BCUT2D eigenvalue weighted by atomic mass is 10.0. The largest absolute Gasteiger partial charge is 0.444 e. The van der Waals surface area contributed by atoms with Gasteiger partial charge in [-0.15, -0.1) is 0 Å². The first-order chi connectivity index (χ1) is 9.76. The summed E-state index contributed by atoms with van der Waals surface area (Å²) < 4.78 is 31.6. The zero-order valence-corrected chi connectivity index (χ0v) is 12.5. The molecule has 1 aromatic rings. The van der Waals surface area contributed by atoms with Crippen molar-refractivity contribution in [3.63, 3.8) is 0 Å². The van der Waals surface area contributed by atoms with E-state index < -0.39 is 23.3 Å². The summed E-state index contributed by atoms with van der Waals surface area (Å²) in [7, 11) is 0. The van der Waals surface area contributed by atoms with Crippen molar-refractivity contribution < 1.29 is 18.3 Å². The smallest absolute Gasteiger partial charge is 0.410 e. The van der Waals surface area contributed by atoms with E-state index in [-0.39, 0.29) is 6.04 Å². The second-order valence-electron chi connectivity index (χ2n) is 6.11. The Bertz CT molecular complexity index is 529. The number of carbonyl (C=O) groups is 1. The second kappa shape index (κ2) is 5.97. The highest BCUT2D eigenvalue weighted by molar-refractivity contribution is 5.68. The van der Waals surface area contributed by atoms with E-state index in [0.717, 1.165) is 12.1 Å². The summed E-state index contributed by atoms with van der Waals surface area (Å²) in [6, 6.07) is 3.54. The van der Waals surface area contributed by atoms with Gasteiger partial charge in [0.25, 0.3) is 0 Å². The quantitative estimate of drug-likeness (QED) is 0.867. The zero-order valence-electron chi connectivity index (χ0n) is 12.5. The van der Waals surface area contributed by atoms with Gasteiger partial charge in [-0.05, 0) is 38.5 Å². The molecule has 1 atom stereocenters. The molecule has 1 fully saturated rings. The highest BCUT2D eigenvalue weighted by Gasteiger charge is 2.28. The van der Waals surface area contributed by atoms with Crippen molar-refractivity contribution in [2.45, 2.75) is 32.4 Å². The Kier molecular flexibility index (Phi) is 4.46. The molecule has 0 radical (unpaired) electrons. The van der Waals surface area contributed by atoms with Gasteiger partial charge in [-0.1, -0.05) is 6.07 Å². The van der Waals surface area contributed by atoms with Crippen LogP contribution in [0.2, 0.25) is 0 Å². The first-order valence-corrected chi connectivity index (χ1v) is 6.92. The van der Waals surface area contributed by atoms with E-state index in [0.29, 0.717) is 25.2 Å². The lowest BCUT2D eigenvalue weighted by molar-refractivity contribution is 0.0195. The van der Waals surface area contributed by atoms with Crippen LogP contribution in [0.15, 0.2) is 18.2 Å². The van der Waals surface area contributed by atoms with Crippen LogP contribution in [-0.4, -0.2) is 36.2 Å². The van der Waals surface area contributed by atoms with E-state index in [1.165, 1.54) is 6.07 Å². The zero-order chi connectivity index (χ0) is 15.6. The molecule has 0 bridgehead atoms. The van der Waals surface area contributed by atoms with Gasteiger partial charge in [0.05, 0.1) is 6.04 Å². The van der Waals surface area contributed by atoms with Crippen LogP contribution in [0, 0.1) is 11.6 Å². The fourth-order valence-corrected chi connectivity index (χ4v) is 2.19. The van der Waals surface area contributed by atoms with Gasteiger partial charge in [-0.25, -0.2) is 13.6 Å². The first kappa shape index (κ1) is 15.7. The number of halogens is 2. The first-order valence-electron chi connectivity index (χ1n) is 6.92. The third-order valence-corrected chi connectivity index (χ3v) is 3.17. The van der Waals surface area contributed by atoms with Crippen LogP contribution in [-0.2, 0) is 4.74 Å².